The molecule has 0 radical (unpaired) electrons. The molecule has 0 atom stereocenters. The second kappa shape index (κ2) is 5.69. The van der Waals surface area contributed by atoms with E-state index in [1.807, 2.05) is 6.08 Å². The smallest absolute Gasteiger partial charge is 0.0195 e. The summed E-state index contributed by atoms with van der Waals surface area (Å²) in [5.74, 6) is 0. The summed E-state index contributed by atoms with van der Waals surface area (Å²) in [4.78, 5) is 0. The molecule has 0 saturated carbocycles. The van der Waals surface area contributed by atoms with Gasteiger partial charge in [0, 0.05) is 0 Å². The van der Waals surface area contributed by atoms with Crippen LogP contribution in [0, 0.1) is 6.92 Å². The van der Waals surface area contributed by atoms with Crippen molar-refractivity contribution >= 4 is 6.08 Å². The van der Waals surface area contributed by atoms with E-state index < -0.39 is 0 Å². The summed E-state index contributed by atoms with van der Waals surface area (Å²) >= 11 is 0. The van der Waals surface area contributed by atoms with Gasteiger partial charge in [0.05, 0.1) is 0 Å². The molecule has 0 heterocycles. The topological polar surface area (TPSA) is 26.0 Å². The molecule has 0 aliphatic rings. The van der Waals surface area contributed by atoms with Gasteiger partial charge in [-0.15, -0.1) is 0 Å². The van der Waals surface area contributed by atoms with Gasteiger partial charge in [-0.1, -0.05) is 42.5 Å². The third-order valence-electron chi connectivity index (χ3n) is 1.31. The van der Waals surface area contributed by atoms with E-state index in [0.29, 0.717) is 0 Å². The van der Waals surface area contributed by atoms with Crippen molar-refractivity contribution in [2.24, 2.45) is 5.73 Å². The second-order valence-corrected chi connectivity index (χ2v) is 2.11. The van der Waals surface area contributed by atoms with Gasteiger partial charge in [0.2, 0.25) is 0 Å². The van der Waals surface area contributed by atoms with Gasteiger partial charge in [0.15, 0.2) is 0 Å². The predicted octanol–water partition coefficient (Wildman–Crippen LogP) is 2.21. The average Bonchev–Trinajstić information content (AvgIpc) is 2.10. The number of benzene rings is 1. The summed E-state index contributed by atoms with van der Waals surface area (Å²) < 4.78 is 0. The molecular formula is C10H15N. The van der Waals surface area contributed by atoms with Crippen LogP contribution in [0.25, 0.3) is 6.08 Å². The lowest BCUT2D eigenvalue weighted by Crippen LogP contribution is -1.71. The first kappa shape index (κ1) is 9.92. The molecule has 60 valence electrons. The van der Waals surface area contributed by atoms with Crippen LogP contribution in [0.3, 0.4) is 0 Å². The Morgan fingerprint density at radius 2 is 1.64 bits per heavy atom. The van der Waals surface area contributed by atoms with Crippen molar-refractivity contribution in [3.05, 3.63) is 42.0 Å². The maximum atomic E-state index is 4.50. The molecule has 1 heteroatoms. The minimum absolute atomic E-state index is 1.18. The van der Waals surface area contributed by atoms with E-state index in [4.69, 9.17) is 0 Å². The fourth-order valence-electron chi connectivity index (χ4n) is 0.703. The molecule has 0 bridgehead atoms. The Kier molecular flexibility index (Phi) is 5.13. The highest BCUT2D eigenvalue weighted by Crippen LogP contribution is 2.02. The molecule has 0 amide bonds. The molecule has 1 nitrogen and oxygen atoms in total. The first-order valence-electron chi connectivity index (χ1n) is 3.60. The van der Waals surface area contributed by atoms with Crippen LogP contribution in [-0.2, 0) is 0 Å². The van der Waals surface area contributed by atoms with Crippen LogP contribution in [-0.4, -0.2) is 7.05 Å². The van der Waals surface area contributed by atoms with E-state index in [2.05, 4.69) is 43.5 Å². The molecule has 0 saturated heterocycles. The number of nitrogens with two attached hydrogens (primary N) is 1. The Bertz CT molecular complexity index is 199. The van der Waals surface area contributed by atoms with Crippen LogP contribution >= 0.6 is 0 Å². The monoisotopic (exact) mass is 149 g/mol. The zero-order valence-corrected chi connectivity index (χ0v) is 7.17. The van der Waals surface area contributed by atoms with Crippen LogP contribution < -0.4 is 5.73 Å². The van der Waals surface area contributed by atoms with Gasteiger partial charge in [-0.3, -0.25) is 0 Å². The van der Waals surface area contributed by atoms with Crippen molar-refractivity contribution in [2.45, 2.75) is 6.92 Å². The quantitative estimate of drug-likeness (QED) is 0.651. The van der Waals surface area contributed by atoms with E-state index >= 15 is 0 Å². The van der Waals surface area contributed by atoms with Crippen LogP contribution in [0.2, 0.25) is 0 Å². The minimum Gasteiger partial charge on any atom is -0.333 e. The fraction of sp³-hybridized carbons (Fsp3) is 0.200. The number of hydrogen-bond acceptors (Lipinski definition) is 1. The second-order valence-electron chi connectivity index (χ2n) is 2.11. The number of hydrogen-bond donors (Lipinski definition) is 1. The predicted molar refractivity (Wildman–Crippen MR) is 51.4 cm³/mol. The van der Waals surface area contributed by atoms with E-state index in [0.717, 1.165) is 0 Å². The van der Waals surface area contributed by atoms with E-state index in [-0.39, 0.29) is 0 Å². The lowest BCUT2D eigenvalue weighted by Gasteiger charge is -1.91. The number of aryl methyl sites for hydroxylation is 1. The summed E-state index contributed by atoms with van der Waals surface area (Å²) in [6.45, 7) is 5.74. The number of rotatable bonds is 1. The molecule has 11 heavy (non-hydrogen) atoms. The Labute approximate surface area is 68.5 Å². The van der Waals surface area contributed by atoms with Crippen molar-refractivity contribution in [3.63, 3.8) is 0 Å². The van der Waals surface area contributed by atoms with Crippen molar-refractivity contribution < 1.29 is 0 Å². The summed E-state index contributed by atoms with van der Waals surface area (Å²) in [6.07, 6.45) is 1.85. The minimum atomic E-state index is 1.18. The van der Waals surface area contributed by atoms with Crippen molar-refractivity contribution in [1.82, 2.24) is 0 Å². The standard InChI is InChI=1S/C9H10.CH5N/c1-3-9-6-4-8(2)5-7-9;1-2/h3-7H,1H2,2H3;2H2,1H3. The zero-order chi connectivity index (χ0) is 8.69. The van der Waals surface area contributed by atoms with Gasteiger partial charge in [0.25, 0.3) is 0 Å². The Balaban J connectivity index is 0.000000461. The summed E-state index contributed by atoms with van der Waals surface area (Å²) in [6, 6.07) is 8.28. The molecule has 0 aliphatic carbocycles. The van der Waals surface area contributed by atoms with Gasteiger partial charge >= 0.3 is 0 Å². The maximum Gasteiger partial charge on any atom is -0.0195 e. The van der Waals surface area contributed by atoms with Gasteiger partial charge in [-0.05, 0) is 19.5 Å². The normalized spacial score (nSPS) is 7.91. The highest BCUT2D eigenvalue weighted by Gasteiger charge is 1.82. The zero-order valence-electron chi connectivity index (χ0n) is 7.17. The maximum absolute atomic E-state index is 4.50. The molecule has 0 aromatic heterocycles. The molecule has 2 N–H and O–H groups in total. The highest BCUT2D eigenvalue weighted by atomic mass is 14.4. The molecular weight excluding hydrogens is 134 g/mol. The Morgan fingerprint density at radius 3 is 2.00 bits per heavy atom. The van der Waals surface area contributed by atoms with Crippen molar-refractivity contribution in [2.75, 3.05) is 7.05 Å². The van der Waals surface area contributed by atoms with Gasteiger partial charge < -0.3 is 5.73 Å². The first-order chi connectivity index (χ1) is 5.33. The van der Waals surface area contributed by atoms with E-state index in [1.165, 1.54) is 18.2 Å². The molecule has 0 unspecified atom stereocenters. The van der Waals surface area contributed by atoms with E-state index in [1.54, 1.807) is 0 Å². The van der Waals surface area contributed by atoms with Crippen LogP contribution in [0.4, 0.5) is 0 Å². The summed E-state index contributed by atoms with van der Waals surface area (Å²) in [5, 5.41) is 0. The molecule has 1 aromatic carbocycles. The summed E-state index contributed by atoms with van der Waals surface area (Å²) in [5.41, 5.74) is 6.97. The Morgan fingerprint density at radius 1 is 1.18 bits per heavy atom. The molecule has 0 spiro atoms. The molecule has 1 rings (SSSR count). The third-order valence-corrected chi connectivity index (χ3v) is 1.31. The highest BCUT2D eigenvalue weighted by molar-refractivity contribution is 5.46. The van der Waals surface area contributed by atoms with Crippen molar-refractivity contribution in [1.29, 1.82) is 0 Å². The first-order valence-corrected chi connectivity index (χ1v) is 3.60. The SMILES string of the molecule is C=Cc1ccc(C)cc1.CN. The molecule has 0 fully saturated rings. The molecule has 0 aliphatic heterocycles. The molecule has 1 aromatic rings. The summed E-state index contributed by atoms with van der Waals surface area (Å²) in [7, 11) is 1.50. The van der Waals surface area contributed by atoms with Gasteiger partial charge in [-0.25, -0.2) is 0 Å². The van der Waals surface area contributed by atoms with Crippen LogP contribution in [0.5, 0.6) is 0 Å². The third kappa shape index (κ3) is 3.58. The van der Waals surface area contributed by atoms with E-state index in [9.17, 15) is 0 Å². The van der Waals surface area contributed by atoms with Gasteiger partial charge in [-0.2, -0.15) is 0 Å². The van der Waals surface area contributed by atoms with Crippen LogP contribution in [0.15, 0.2) is 30.8 Å². The average molecular weight is 149 g/mol. The van der Waals surface area contributed by atoms with Crippen LogP contribution in [0.1, 0.15) is 11.1 Å². The largest absolute Gasteiger partial charge is 0.333 e. The lowest BCUT2D eigenvalue weighted by molar-refractivity contribution is 1.46. The Hall–Kier alpha value is -1.08. The van der Waals surface area contributed by atoms with Gasteiger partial charge in [0.1, 0.15) is 0 Å². The fourth-order valence-corrected chi connectivity index (χ4v) is 0.703. The van der Waals surface area contributed by atoms with Crippen molar-refractivity contribution in [3.8, 4) is 0 Å². The lowest BCUT2D eigenvalue weighted by atomic mass is 10.2.